The minimum Gasteiger partial charge on any atom is -0.309 e. The molecule has 0 fully saturated rings. The van der Waals surface area contributed by atoms with Gasteiger partial charge in [0, 0.05) is 4.88 Å². The zero-order chi connectivity index (χ0) is 13.1. The van der Waals surface area contributed by atoms with Gasteiger partial charge in [-0.05, 0) is 48.2 Å². The molecule has 0 aliphatic heterocycles. The Kier molecular flexibility index (Phi) is 4.09. The van der Waals surface area contributed by atoms with E-state index in [1.165, 1.54) is 17.7 Å². The second-order valence-corrected chi connectivity index (χ2v) is 5.01. The Hall–Kier alpha value is -1.26. The Balaban J connectivity index is 2.42. The highest BCUT2D eigenvalue weighted by molar-refractivity contribution is 7.10. The highest BCUT2D eigenvalue weighted by Crippen LogP contribution is 2.30. The van der Waals surface area contributed by atoms with Gasteiger partial charge in [-0.15, -0.1) is 11.3 Å². The van der Waals surface area contributed by atoms with Gasteiger partial charge in [0.1, 0.15) is 0 Å². The first-order chi connectivity index (χ1) is 8.67. The Bertz CT molecular complexity index is 536. The predicted octanol–water partition coefficient (Wildman–Crippen LogP) is 3.90. The Morgan fingerprint density at radius 1 is 1.22 bits per heavy atom. The van der Waals surface area contributed by atoms with E-state index < -0.39 is 11.6 Å². The fourth-order valence-electron chi connectivity index (χ4n) is 2.03. The first kappa shape index (κ1) is 13.2. The van der Waals surface area contributed by atoms with Crippen molar-refractivity contribution in [1.29, 1.82) is 0 Å². The maximum absolute atomic E-state index is 13.3. The third-order valence-electron chi connectivity index (χ3n) is 2.99. The lowest BCUT2D eigenvalue weighted by Crippen LogP contribution is -2.18. The largest absolute Gasteiger partial charge is 0.309 e. The summed E-state index contributed by atoms with van der Waals surface area (Å²) in [7, 11) is 1.82. The van der Waals surface area contributed by atoms with Crippen LogP contribution < -0.4 is 5.32 Å². The van der Waals surface area contributed by atoms with Crippen molar-refractivity contribution in [3.8, 4) is 0 Å². The molecule has 0 aliphatic carbocycles. The van der Waals surface area contributed by atoms with Crippen LogP contribution in [-0.4, -0.2) is 7.05 Å². The van der Waals surface area contributed by atoms with E-state index in [0.29, 0.717) is 0 Å². The summed E-state index contributed by atoms with van der Waals surface area (Å²) in [6.45, 7) is 2.09. The zero-order valence-corrected chi connectivity index (χ0v) is 11.2. The van der Waals surface area contributed by atoms with E-state index in [0.717, 1.165) is 16.9 Å². The Labute approximate surface area is 109 Å². The van der Waals surface area contributed by atoms with Crippen LogP contribution in [-0.2, 0) is 6.42 Å². The van der Waals surface area contributed by atoms with Crippen LogP contribution in [0.4, 0.5) is 8.78 Å². The van der Waals surface area contributed by atoms with Crippen molar-refractivity contribution in [3.63, 3.8) is 0 Å². The lowest BCUT2D eigenvalue weighted by molar-refractivity contribution is 0.505. The summed E-state index contributed by atoms with van der Waals surface area (Å²) < 4.78 is 26.3. The van der Waals surface area contributed by atoms with Crippen LogP contribution >= 0.6 is 11.3 Å². The lowest BCUT2D eigenvalue weighted by atomic mass is 10.0. The predicted molar refractivity (Wildman–Crippen MR) is 71.0 cm³/mol. The lowest BCUT2D eigenvalue weighted by Gasteiger charge is -2.17. The third kappa shape index (κ3) is 2.44. The van der Waals surface area contributed by atoms with Crippen LogP contribution in [0.5, 0.6) is 0 Å². The molecule has 2 rings (SSSR count). The summed E-state index contributed by atoms with van der Waals surface area (Å²) in [5.41, 5.74) is 1.98. The van der Waals surface area contributed by atoms with Gasteiger partial charge in [-0.3, -0.25) is 0 Å². The molecule has 1 heterocycles. The van der Waals surface area contributed by atoms with Crippen LogP contribution in [0, 0.1) is 11.6 Å². The average Bonchev–Trinajstić information content (AvgIpc) is 2.83. The fraction of sp³-hybridized carbons (Fsp3) is 0.286. The van der Waals surface area contributed by atoms with Gasteiger partial charge in [0.25, 0.3) is 0 Å². The van der Waals surface area contributed by atoms with Crippen molar-refractivity contribution in [3.05, 3.63) is 57.3 Å². The van der Waals surface area contributed by atoms with Crippen LogP contribution in [0.15, 0.2) is 29.6 Å². The molecule has 0 spiro atoms. The monoisotopic (exact) mass is 267 g/mol. The summed E-state index contributed by atoms with van der Waals surface area (Å²) in [5.74, 6) is -1.61. The normalized spacial score (nSPS) is 12.7. The SMILES string of the molecule is CCc1ccsc1C(NC)c1ccc(F)c(F)c1. The minimum atomic E-state index is -0.810. The topological polar surface area (TPSA) is 12.0 Å². The highest BCUT2D eigenvalue weighted by Gasteiger charge is 2.17. The van der Waals surface area contributed by atoms with Crippen molar-refractivity contribution in [1.82, 2.24) is 5.32 Å². The Morgan fingerprint density at radius 2 is 2.00 bits per heavy atom. The first-order valence-corrected chi connectivity index (χ1v) is 6.73. The molecule has 2 aromatic rings. The molecule has 0 radical (unpaired) electrons. The number of hydrogen-bond donors (Lipinski definition) is 1. The van der Waals surface area contributed by atoms with Gasteiger partial charge in [0.05, 0.1) is 6.04 Å². The maximum atomic E-state index is 13.3. The molecule has 1 aromatic carbocycles. The number of hydrogen-bond acceptors (Lipinski definition) is 2. The molecule has 0 saturated carbocycles. The van der Waals surface area contributed by atoms with Crippen molar-refractivity contribution in [2.45, 2.75) is 19.4 Å². The van der Waals surface area contributed by atoms with E-state index in [9.17, 15) is 8.78 Å². The molecule has 0 saturated heterocycles. The number of benzene rings is 1. The highest BCUT2D eigenvalue weighted by atomic mass is 32.1. The standard InChI is InChI=1S/C14H15F2NS/c1-3-9-6-7-18-14(9)13(17-2)10-4-5-11(15)12(16)8-10/h4-8,13,17H,3H2,1-2H3. The average molecular weight is 267 g/mol. The van der Waals surface area contributed by atoms with Gasteiger partial charge < -0.3 is 5.32 Å². The van der Waals surface area contributed by atoms with Crippen LogP contribution in [0.25, 0.3) is 0 Å². The van der Waals surface area contributed by atoms with Gasteiger partial charge >= 0.3 is 0 Å². The molecule has 0 amide bonds. The molecule has 0 bridgehead atoms. The molecule has 1 unspecified atom stereocenters. The molecule has 18 heavy (non-hydrogen) atoms. The van der Waals surface area contributed by atoms with E-state index in [4.69, 9.17) is 0 Å². The molecule has 4 heteroatoms. The molecule has 96 valence electrons. The van der Waals surface area contributed by atoms with E-state index in [-0.39, 0.29) is 6.04 Å². The molecule has 1 atom stereocenters. The molecule has 0 aliphatic rings. The second kappa shape index (κ2) is 5.59. The Morgan fingerprint density at radius 3 is 2.61 bits per heavy atom. The number of rotatable bonds is 4. The van der Waals surface area contributed by atoms with Gasteiger partial charge in [-0.25, -0.2) is 8.78 Å². The van der Waals surface area contributed by atoms with Crippen LogP contribution in [0.2, 0.25) is 0 Å². The zero-order valence-electron chi connectivity index (χ0n) is 10.3. The van der Waals surface area contributed by atoms with Crippen molar-refractivity contribution >= 4 is 11.3 Å². The van der Waals surface area contributed by atoms with E-state index >= 15 is 0 Å². The van der Waals surface area contributed by atoms with E-state index in [1.807, 2.05) is 12.4 Å². The van der Waals surface area contributed by atoms with Crippen LogP contribution in [0.3, 0.4) is 0 Å². The van der Waals surface area contributed by atoms with Crippen molar-refractivity contribution in [2.75, 3.05) is 7.05 Å². The van der Waals surface area contributed by atoms with Crippen LogP contribution in [0.1, 0.15) is 29.0 Å². The first-order valence-electron chi connectivity index (χ1n) is 5.85. The number of thiophene rings is 1. The van der Waals surface area contributed by atoms with Gasteiger partial charge in [-0.2, -0.15) is 0 Å². The number of halogens is 2. The molecule has 1 nitrogen and oxygen atoms in total. The molecular weight excluding hydrogens is 252 g/mol. The molecule has 1 aromatic heterocycles. The fourth-order valence-corrected chi connectivity index (χ4v) is 3.17. The minimum absolute atomic E-state index is 0.0879. The third-order valence-corrected chi connectivity index (χ3v) is 4.01. The van der Waals surface area contributed by atoms with E-state index in [2.05, 4.69) is 18.3 Å². The van der Waals surface area contributed by atoms with Crippen molar-refractivity contribution < 1.29 is 8.78 Å². The van der Waals surface area contributed by atoms with Gasteiger partial charge in [0.15, 0.2) is 11.6 Å². The van der Waals surface area contributed by atoms with Crippen molar-refractivity contribution in [2.24, 2.45) is 0 Å². The molecule has 1 N–H and O–H groups in total. The van der Waals surface area contributed by atoms with Gasteiger partial charge in [0.2, 0.25) is 0 Å². The van der Waals surface area contributed by atoms with Gasteiger partial charge in [-0.1, -0.05) is 13.0 Å². The smallest absolute Gasteiger partial charge is 0.159 e. The quantitative estimate of drug-likeness (QED) is 0.886. The second-order valence-electron chi connectivity index (χ2n) is 4.06. The number of aryl methyl sites for hydroxylation is 1. The van der Waals surface area contributed by atoms with E-state index in [1.54, 1.807) is 17.4 Å². The molecular formula is C14H15F2NS. The number of nitrogens with one attached hydrogen (secondary N) is 1. The maximum Gasteiger partial charge on any atom is 0.159 e. The summed E-state index contributed by atoms with van der Waals surface area (Å²) in [6, 6.07) is 6.04. The summed E-state index contributed by atoms with van der Waals surface area (Å²) >= 11 is 1.63. The summed E-state index contributed by atoms with van der Waals surface area (Å²) in [4.78, 5) is 1.16. The summed E-state index contributed by atoms with van der Waals surface area (Å²) in [6.07, 6.45) is 0.931. The summed E-state index contributed by atoms with van der Waals surface area (Å²) in [5, 5.41) is 5.19.